The fraction of sp³-hybridized carbons (Fsp3) is 0.438. The lowest BCUT2D eigenvalue weighted by Crippen LogP contribution is -2.06. The number of pyridine rings is 1. The summed E-state index contributed by atoms with van der Waals surface area (Å²) < 4.78 is 11.0. The summed E-state index contributed by atoms with van der Waals surface area (Å²) in [5.41, 5.74) is 0.849. The van der Waals surface area contributed by atoms with Gasteiger partial charge in [-0.3, -0.25) is 4.98 Å². The smallest absolute Gasteiger partial charge is 0.277 e. The number of rotatable bonds is 5. The maximum absolute atomic E-state index is 5.64. The molecule has 3 aromatic heterocycles. The molecule has 0 aliphatic heterocycles. The van der Waals surface area contributed by atoms with E-state index < -0.39 is 0 Å². The van der Waals surface area contributed by atoms with Gasteiger partial charge in [-0.15, -0.1) is 10.2 Å². The molecule has 0 spiro atoms. The highest BCUT2D eigenvalue weighted by molar-refractivity contribution is 7.98. The third-order valence-electron chi connectivity index (χ3n) is 4.11. The molecule has 0 atom stereocenters. The van der Waals surface area contributed by atoms with Crippen molar-refractivity contribution in [3.8, 4) is 11.5 Å². The quantitative estimate of drug-likeness (QED) is 0.645. The molecule has 0 amide bonds. The largest absolute Gasteiger partial charge is 0.411 e. The van der Waals surface area contributed by atoms with Crippen LogP contribution < -0.4 is 0 Å². The van der Waals surface area contributed by atoms with Crippen LogP contribution in [-0.2, 0) is 5.75 Å². The standard InChI is InChI=1S/C16H17N5O2S/c1-2-4-11(5-3-1)14-18-13(23-21-14)10-24-16-20-19-15(22-16)12-6-8-17-9-7-12/h6-9,11H,1-5,10H2. The number of hydrogen-bond donors (Lipinski definition) is 0. The van der Waals surface area contributed by atoms with Crippen LogP contribution in [0.2, 0.25) is 0 Å². The van der Waals surface area contributed by atoms with Gasteiger partial charge < -0.3 is 8.94 Å². The van der Waals surface area contributed by atoms with Crippen LogP contribution in [0.4, 0.5) is 0 Å². The first-order valence-corrected chi connectivity index (χ1v) is 9.06. The molecular formula is C16H17N5O2S. The summed E-state index contributed by atoms with van der Waals surface area (Å²) in [5, 5.41) is 12.7. The normalized spacial score (nSPS) is 15.7. The van der Waals surface area contributed by atoms with E-state index in [0.717, 1.165) is 24.2 Å². The minimum atomic E-state index is 0.447. The minimum absolute atomic E-state index is 0.447. The third-order valence-corrected chi connectivity index (χ3v) is 4.91. The highest BCUT2D eigenvalue weighted by atomic mass is 32.2. The van der Waals surface area contributed by atoms with E-state index >= 15 is 0 Å². The van der Waals surface area contributed by atoms with E-state index in [9.17, 15) is 0 Å². The number of hydrogen-bond acceptors (Lipinski definition) is 8. The van der Waals surface area contributed by atoms with Crippen LogP contribution in [0.25, 0.3) is 11.5 Å². The first-order chi connectivity index (χ1) is 11.9. The van der Waals surface area contributed by atoms with Crippen molar-refractivity contribution < 1.29 is 8.94 Å². The van der Waals surface area contributed by atoms with Gasteiger partial charge in [0, 0.05) is 23.9 Å². The van der Waals surface area contributed by atoms with Gasteiger partial charge in [0.05, 0.1) is 5.75 Å². The van der Waals surface area contributed by atoms with Gasteiger partial charge >= 0.3 is 0 Å². The molecule has 1 aliphatic rings. The van der Waals surface area contributed by atoms with E-state index in [1.165, 1.54) is 31.0 Å². The second kappa shape index (κ2) is 7.12. The Morgan fingerprint density at radius 2 is 1.92 bits per heavy atom. The summed E-state index contributed by atoms with van der Waals surface area (Å²) in [7, 11) is 0. The summed E-state index contributed by atoms with van der Waals surface area (Å²) in [6.45, 7) is 0. The maximum Gasteiger partial charge on any atom is 0.277 e. The van der Waals surface area contributed by atoms with Crippen LogP contribution in [0.15, 0.2) is 38.7 Å². The molecule has 0 unspecified atom stereocenters. The summed E-state index contributed by atoms with van der Waals surface area (Å²) in [5.74, 6) is 2.89. The van der Waals surface area contributed by atoms with Crippen molar-refractivity contribution in [2.75, 3.05) is 0 Å². The number of aromatic nitrogens is 5. The third kappa shape index (κ3) is 3.48. The molecule has 1 saturated carbocycles. The fourth-order valence-electron chi connectivity index (χ4n) is 2.86. The molecule has 0 radical (unpaired) electrons. The Morgan fingerprint density at radius 3 is 2.75 bits per heavy atom. The van der Waals surface area contributed by atoms with Crippen LogP contribution in [0.3, 0.4) is 0 Å². The Bertz CT molecular complexity index is 783. The van der Waals surface area contributed by atoms with Crippen molar-refractivity contribution in [1.82, 2.24) is 25.3 Å². The van der Waals surface area contributed by atoms with Crippen molar-refractivity contribution in [3.05, 3.63) is 36.2 Å². The lowest BCUT2D eigenvalue weighted by atomic mass is 9.89. The van der Waals surface area contributed by atoms with Gasteiger partial charge in [0.25, 0.3) is 5.22 Å². The predicted octanol–water partition coefficient (Wildman–Crippen LogP) is 3.85. The molecule has 0 aromatic carbocycles. The first-order valence-electron chi connectivity index (χ1n) is 8.07. The molecule has 0 N–H and O–H groups in total. The highest BCUT2D eigenvalue weighted by Crippen LogP contribution is 2.31. The molecule has 0 bridgehead atoms. The molecule has 3 aromatic rings. The van der Waals surface area contributed by atoms with E-state index in [2.05, 4.69) is 25.3 Å². The Labute approximate surface area is 143 Å². The van der Waals surface area contributed by atoms with Crippen LogP contribution in [0, 0.1) is 0 Å². The van der Waals surface area contributed by atoms with Gasteiger partial charge in [0.15, 0.2) is 5.82 Å². The Hall–Kier alpha value is -2.22. The van der Waals surface area contributed by atoms with Gasteiger partial charge in [0.2, 0.25) is 11.8 Å². The zero-order chi connectivity index (χ0) is 16.2. The van der Waals surface area contributed by atoms with E-state index in [4.69, 9.17) is 8.94 Å². The SMILES string of the molecule is c1cc(-c2nnc(SCc3nc(C4CCCCC4)no3)o2)ccn1. The zero-order valence-corrected chi connectivity index (χ0v) is 13.9. The molecule has 1 aliphatic carbocycles. The molecule has 24 heavy (non-hydrogen) atoms. The topological polar surface area (TPSA) is 90.7 Å². The first kappa shape index (κ1) is 15.3. The van der Waals surface area contributed by atoms with Crippen LogP contribution in [0.1, 0.15) is 49.7 Å². The van der Waals surface area contributed by atoms with Gasteiger partial charge in [-0.05, 0) is 25.0 Å². The molecule has 0 saturated heterocycles. The number of thioether (sulfide) groups is 1. The lowest BCUT2D eigenvalue weighted by Gasteiger charge is -2.17. The summed E-state index contributed by atoms with van der Waals surface area (Å²) in [4.78, 5) is 8.49. The van der Waals surface area contributed by atoms with Crippen molar-refractivity contribution in [2.24, 2.45) is 0 Å². The van der Waals surface area contributed by atoms with Crippen molar-refractivity contribution in [2.45, 2.75) is 49.0 Å². The Morgan fingerprint density at radius 1 is 1.08 bits per heavy atom. The number of nitrogens with zero attached hydrogens (tertiary/aromatic N) is 5. The lowest BCUT2D eigenvalue weighted by molar-refractivity contribution is 0.365. The highest BCUT2D eigenvalue weighted by Gasteiger charge is 2.21. The summed E-state index contributed by atoms with van der Waals surface area (Å²) >= 11 is 1.40. The van der Waals surface area contributed by atoms with E-state index in [1.54, 1.807) is 12.4 Å². The molecule has 124 valence electrons. The van der Waals surface area contributed by atoms with Crippen LogP contribution in [-0.4, -0.2) is 25.3 Å². The fourth-order valence-corrected chi connectivity index (χ4v) is 3.46. The van der Waals surface area contributed by atoms with Crippen molar-refractivity contribution in [3.63, 3.8) is 0 Å². The van der Waals surface area contributed by atoms with Crippen molar-refractivity contribution >= 4 is 11.8 Å². The van der Waals surface area contributed by atoms with Gasteiger partial charge in [-0.2, -0.15) is 4.98 Å². The summed E-state index contributed by atoms with van der Waals surface area (Å²) in [6.07, 6.45) is 9.52. The van der Waals surface area contributed by atoms with E-state index in [-0.39, 0.29) is 0 Å². The molecule has 4 rings (SSSR count). The molecule has 3 heterocycles. The monoisotopic (exact) mass is 343 g/mol. The van der Waals surface area contributed by atoms with Gasteiger partial charge in [-0.1, -0.05) is 36.2 Å². The second-order valence-electron chi connectivity index (χ2n) is 5.78. The zero-order valence-electron chi connectivity index (χ0n) is 13.1. The molecule has 1 fully saturated rings. The van der Waals surface area contributed by atoms with Crippen molar-refractivity contribution in [1.29, 1.82) is 0 Å². The van der Waals surface area contributed by atoms with Gasteiger partial charge in [-0.25, -0.2) is 0 Å². The predicted molar refractivity (Wildman–Crippen MR) is 87.2 cm³/mol. The van der Waals surface area contributed by atoms with E-state index in [1.807, 2.05) is 12.1 Å². The Balaban J connectivity index is 1.37. The molecule has 8 heteroatoms. The maximum atomic E-state index is 5.64. The van der Waals surface area contributed by atoms with Crippen LogP contribution >= 0.6 is 11.8 Å². The molecular weight excluding hydrogens is 326 g/mol. The second-order valence-corrected chi connectivity index (χ2v) is 6.71. The van der Waals surface area contributed by atoms with Gasteiger partial charge in [0.1, 0.15) is 0 Å². The minimum Gasteiger partial charge on any atom is -0.411 e. The summed E-state index contributed by atoms with van der Waals surface area (Å²) in [6, 6.07) is 3.66. The Kier molecular flexibility index (Phi) is 4.55. The van der Waals surface area contributed by atoms with Crippen LogP contribution in [0.5, 0.6) is 0 Å². The average Bonchev–Trinajstić information content (AvgIpc) is 3.31. The average molecular weight is 343 g/mol. The molecule has 7 nitrogen and oxygen atoms in total. The van der Waals surface area contributed by atoms with E-state index in [0.29, 0.717) is 28.7 Å².